The molecular formula is C5H10BrClN2O2. The van der Waals surface area contributed by atoms with Crippen LogP contribution in [0, 0.1) is 0 Å². The van der Waals surface area contributed by atoms with Crippen molar-refractivity contribution in [2.45, 2.75) is 19.4 Å². The summed E-state index contributed by atoms with van der Waals surface area (Å²) in [6, 6.07) is -0.412. The lowest BCUT2D eigenvalue weighted by molar-refractivity contribution is -0.122. The molecule has 3 amide bonds. The van der Waals surface area contributed by atoms with Gasteiger partial charge in [0.05, 0.1) is 0 Å². The molecule has 0 spiro atoms. The molecule has 6 heteroatoms. The molecule has 0 radical (unpaired) electrons. The molecule has 66 valence electrons. The molecule has 0 aromatic heterocycles. The second kappa shape index (κ2) is 3.92. The number of amides is 3. The summed E-state index contributed by atoms with van der Waals surface area (Å²) in [7, 11) is 0. The van der Waals surface area contributed by atoms with Gasteiger partial charge in [-0.15, -0.1) is 29.4 Å². The highest BCUT2D eigenvalue weighted by Gasteiger charge is 2.36. The lowest BCUT2D eigenvalue weighted by atomic mass is 10.1. The molecule has 4 nitrogen and oxygen atoms in total. The van der Waals surface area contributed by atoms with Crippen molar-refractivity contribution >= 4 is 41.3 Å². The van der Waals surface area contributed by atoms with E-state index in [0.717, 1.165) is 0 Å². The smallest absolute Gasteiger partial charge is 0.322 e. The summed E-state index contributed by atoms with van der Waals surface area (Å²) in [5.74, 6) is -0.271. The van der Waals surface area contributed by atoms with E-state index >= 15 is 0 Å². The highest BCUT2D eigenvalue weighted by atomic mass is 79.9. The number of hydrogen-bond acceptors (Lipinski definition) is 2. The number of urea groups is 1. The van der Waals surface area contributed by atoms with Crippen LogP contribution in [0.15, 0.2) is 0 Å². The number of carbonyl (C=O) groups excluding carboxylic acids is 2. The lowest BCUT2D eigenvalue weighted by Crippen LogP contribution is -2.39. The van der Waals surface area contributed by atoms with Crippen molar-refractivity contribution in [3.05, 3.63) is 0 Å². The molecule has 1 saturated heterocycles. The molecule has 1 aliphatic heterocycles. The summed E-state index contributed by atoms with van der Waals surface area (Å²) in [4.78, 5) is 21.1. The first kappa shape index (κ1) is 13.3. The largest absolute Gasteiger partial charge is 0.324 e. The van der Waals surface area contributed by atoms with E-state index in [9.17, 15) is 9.59 Å². The Morgan fingerprint density at radius 3 is 1.82 bits per heavy atom. The average molecular weight is 246 g/mol. The summed E-state index contributed by atoms with van der Waals surface area (Å²) < 4.78 is 0. The van der Waals surface area contributed by atoms with Crippen molar-refractivity contribution in [2.24, 2.45) is 0 Å². The van der Waals surface area contributed by atoms with E-state index < -0.39 is 11.6 Å². The van der Waals surface area contributed by atoms with Crippen LogP contribution in [0.5, 0.6) is 0 Å². The van der Waals surface area contributed by atoms with Crippen LogP contribution in [0.3, 0.4) is 0 Å². The minimum Gasteiger partial charge on any atom is -0.324 e. The fourth-order valence-corrected chi connectivity index (χ4v) is 0.631. The topological polar surface area (TPSA) is 58.2 Å². The van der Waals surface area contributed by atoms with Gasteiger partial charge in [-0.25, -0.2) is 4.79 Å². The Bertz CT molecular complexity index is 183. The minimum absolute atomic E-state index is 0. The third kappa shape index (κ3) is 2.67. The van der Waals surface area contributed by atoms with E-state index in [0.29, 0.717) is 0 Å². The maximum Gasteiger partial charge on any atom is 0.322 e. The van der Waals surface area contributed by atoms with Crippen LogP contribution in [0.1, 0.15) is 13.8 Å². The Hall–Kier alpha value is -0.290. The second-order valence-corrected chi connectivity index (χ2v) is 2.53. The predicted molar refractivity (Wildman–Crippen MR) is 48.3 cm³/mol. The van der Waals surface area contributed by atoms with Crippen molar-refractivity contribution in [3.63, 3.8) is 0 Å². The van der Waals surface area contributed by atoms with Gasteiger partial charge in [0.15, 0.2) is 0 Å². The zero-order valence-electron chi connectivity index (χ0n) is 6.13. The fraction of sp³-hybridized carbons (Fsp3) is 0.600. The monoisotopic (exact) mass is 244 g/mol. The number of rotatable bonds is 0. The van der Waals surface area contributed by atoms with Gasteiger partial charge in [0.2, 0.25) is 0 Å². The fourth-order valence-electron chi connectivity index (χ4n) is 0.631. The van der Waals surface area contributed by atoms with Crippen LogP contribution in [0.2, 0.25) is 0 Å². The Kier molecular flexibility index (Phi) is 4.74. The van der Waals surface area contributed by atoms with Gasteiger partial charge in [-0.2, -0.15) is 0 Å². The number of carbonyl (C=O) groups is 2. The van der Waals surface area contributed by atoms with Gasteiger partial charge in [0.1, 0.15) is 5.54 Å². The number of imide groups is 1. The Morgan fingerprint density at radius 2 is 1.73 bits per heavy atom. The zero-order chi connectivity index (χ0) is 7.07. The molecule has 2 N–H and O–H groups in total. The molecule has 1 rings (SSSR count). The Morgan fingerprint density at radius 1 is 1.27 bits per heavy atom. The van der Waals surface area contributed by atoms with Crippen LogP contribution in [0.4, 0.5) is 4.79 Å². The van der Waals surface area contributed by atoms with E-state index in [2.05, 4.69) is 10.6 Å². The molecule has 1 heterocycles. The SMILES string of the molecule is Br.CC1(C)NC(=O)NC1=O.Cl. The van der Waals surface area contributed by atoms with Crippen LogP contribution in [-0.4, -0.2) is 17.5 Å². The van der Waals surface area contributed by atoms with E-state index in [-0.39, 0.29) is 35.3 Å². The molecule has 0 aliphatic carbocycles. The summed E-state index contributed by atoms with van der Waals surface area (Å²) in [6.07, 6.45) is 0. The van der Waals surface area contributed by atoms with Crippen molar-refractivity contribution in [3.8, 4) is 0 Å². The van der Waals surface area contributed by atoms with E-state index in [1.54, 1.807) is 13.8 Å². The Labute approximate surface area is 81.3 Å². The normalized spacial score (nSPS) is 19.1. The van der Waals surface area contributed by atoms with Gasteiger partial charge >= 0.3 is 6.03 Å². The molecule has 1 fully saturated rings. The number of halogens is 2. The summed E-state index contributed by atoms with van der Waals surface area (Å²) in [6.45, 7) is 3.29. The molecule has 0 saturated carbocycles. The molecule has 1 aliphatic rings. The van der Waals surface area contributed by atoms with Crippen LogP contribution >= 0.6 is 29.4 Å². The summed E-state index contributed by atoms with van der Waals surface area (Å²) in [5.41, 5.74) is -0.725. The van der Waals surface area contributed by atoms with Gasteiger partial charge in [0, 0.05) is 0 Å². The average Bonchev–Trinajstić information content (AvgIpc) is 1.79. The van der Waals surface area contributed by atoms with Gasteiger partial charge in [-0.05, 0) is 13.8 Å². The first-order chi connectivity index (χ1) is 4.02. The molecule has 0 unspecified atom stereocenters. The highest BCUT2D eigenvalue weighted by molar-refractivity contribution is 8.93. The molecule has 0 aromatic carbocycles. The maximum atomic E-state index is 10.7. The summed E-state index contributed by atoms with van der Waals surface area (Å²) >= 11 is 0. The Balaban J connectivity index is 0. The van der Waals surface area contributed by atoms with Crippen LogP contribution in [-0.2, 0) is 4.79 Å². The van der Waals surface area contributed by atoms with Crippen molar-refractivity contribution < 1.29 is 9.59 Å². The van der Waals surface area contributed by atoms with Crippen LogP contribution < -0.4 is 10.6 Å². The molecular weight excluding hydrogens is 235 g/mol. The highest BCUT2D eigenvalue weighted by Crippen LogP contribution is 2.05. The van der Waals surface area contributed by atoms with E-state index in [4.69, 9.17) is 0 Å². The van der Waals surface area contributed by atoms with Crippen molar-refractivity contribution in [2.75, 3.05) is 0 Å². The maximum absolute atomic E-state index is 10.7. The lowest BCUT2D eigenvalue weighted by Gasteiger charge is -2.11. The minimum atomic E-state index is -0.725. The van der Waals surface area contributed by atoms with E-state index in [1.165, 1.54) is 0 Å². The van der Waals surface area contributed by atoms with E-state index in [1.807, 2.05) is 0 Å². The van der Waals surface area contributed by atoms with Crippen molar-refractivity contribution in [1.82, 2.24) is 10.6 Å². The standard InChI is InChI=1S/C5H8N2O2.BrH.ClH/c1-5(2)3(8)6-4(9)7-5;;/h1-2H3,(H2,6,7,8,9);2*1H. The van der Waals surface area contributed by atoms with Crippen molar-refractivity contribution in [1.29, 1.82) is 0 Å². The number of nitrogens with one attached hydrogen (secondary N) is 2. The van der Waals surface area contributed by atoms with Gasteiger partial charge < -0.3 is 5.32 Å². The molecule has 0 atom stereocenters. The van der Waals surface area contributed by atoms with Gasteiger partial charge in [0.25, 0.3) is 5.91 Å². The van der Waals surface area contributed by atoms with Gasteiger partial charge in [-0.1, -0.05) is 0 Å². The number of hydrogen-bond donors (Lipinski definition) is 2. The quantitative estimate of drug-likeness (QED) is 0.614. The molecule has 0 aromatic rings. The first-order valence-corrected chi connectivity index (χ1v) is 2.66. The predicted octanol–water partition coefficient (Wildman–Crippen LogP) is 0.604. The second-order valence-electron chi connectivity index (χ2n) is 2.53. The third-order valence-corrected chi connectivity index (χ3v) is 1.22. The molecule has 11 heavy (non-hydrogen) atoms. The van der Waals surface area contributed by atoms with Gasteiger partial charge in [-0.3, -0.25) is 10.1 Å². The zero-order valence-corrected chi connectivity index (χ0v) is 8.66. The van der Waals surface area contributed by atoms with Crippen LogP contribution in [0.25, 0.3) is 0 Å². The summed E-state index contributed by atoms with van der Waals surface area (Å²) in [5, 5.41) is 4.56. The molecule has 0 bridgehead atoms. The first-order valence-electron chi connectivity index (χ1n) is 2.66. The third-order valence-electron chi connectivity index (χ3n) is 1.22.